The molecule has 0 bridgehead atoms. The van der Waals surface area contributed by atoms with Crippen LogP contribution in [0, 0.1) is 0 Å². The van der Waals surface area contributed by atoms with Gasteiger partial charge in [0.15, 0.2) is 0 Å². The van der Waals surface area contributed by atoms with Gasteiger partial charge in [-0.1, -0.05) is 12.1 Å². The minimum absolute atomic E-state index is 0.146. The smallest absolute Gasteiger partial charge is 0.241 e. The van der Waals surface area contributed by atoms with Crippen molar-refractivity contribution in [2.45, 2.75) is 0 Å². The lowest BCUT2D eigenvalue weighted by molar-refractivity contribution is 0.929. The van der Waals surface area contributed by atoms with Crippen LogP contribution in [0.4, 0.5) is 11.9 Å². The maximum Gasteiger partial charge on any atom is 0.241 e. The number of anilines is 2. The van der Waals surface area contributed by atoms with Gasteiger partial charge in [0.25, 0.3) is 0 Å². The highest BCUT2D eigenvalue weighted by molar-refractivity contribution is 5.79. The quantitative estimate of drug-likeness (QED) is 0.621. The average Bonchev–Trinajstić information content (AvgIpc) is 2.64. The van der Waals surface area contributed by atoms with E-state index in [1.54, 1.807) is 4.57 Å². The van der Waals surface area contributed by atoms with Crippen molar-refractivity contribution in [2.24, 2.45) is 0 Å². The zero-order chi connectivity index (χ0) is 11.8. The normalized spacial score (nSPS) is 10.8. The molecular weight excluding hydrogens is 218 g/mol. The number of aromatic nitrogens is 5. The molecule has 2 aromatic heterocycles. The maximum atomic E-state index is 5.85. The average molecular weight is 227 g/mol. The zero-order valence-corrected chi connectivity index (χ0v) is 8.78. The summed E-state index contributed by atoms with van der Waals surface area (Å²) in [5.41, 5.74) is 13.0. The van der Waals surface area contributed by atoms with Gasteiger partial charge in [-0.25, -0.2) is 19.5 Å². The second kappa shape index (κ2) is 3.41. The van der Waals surface area contributed by atoms with Crippen molar-refractivity contribution in [1.29, 1.82) is 0 Å². The Labute approximate surface area is 96.1 Å². The van der Waals surface area contributed by atoms with Crippen molar-refractivity contribution in [1.82, 2.24) is 24.5 Å². The van der Waals surface area contributed by atoms with Gasteiger partial charge in [0, 0.05) is 0 Å². The van der Waals surface area contributed by atoms with E-state index in [4.69, 9.17) is 11.5 Å². The van der Waals surface area contributed by atoms with Crippen molar-refractivity contribution in [3.05, 3.63) is 30.6 Å². The van der Waals surface area contributed by atoms with Crippen LogP contribution in [0.15, 0.2) is 30.6 Å². The molecule has 3 rings (SSSR count). The Morgan fingerprint density at radius 1 is 1.00 bits per heavy atom. The van der Waals surface area contributed by atoms with E-state index in [1.807, 2.05) is 24.3 Å². The molecule has 84 valence electrons. The first-order valence-corrected chi connectivity index (χ1v) is 4.93. The third-order valence-electron chi connectivity index (χ3n) is 2.36. The highest BCUT2D eigenvalue weighted by Gasteiger charge is 2.11. The van der Waals surface area contributed by atoms with Crippen LogP contribution in [0.25, 0.3) is 17.0 Å². The van der Waals surface area contributed by atoms with Crippen molar-refractivity contribution in [3.8, 4) is 5.95 Å². The van der Waals surface area contributed by atoms with Crippen LogP contribution in [0.1, 0.15) is 0 Å². The third-order valence-corrected chi connectivity index (χ3v) is 2.36. The van der Waals surface area contributed by atoms with Crippen LogP contribution in [0.2, 0.25) is 0 Å². The Bertz CT molecular complexity index is 688. The fourth-order valence-electron chi connectivity index (χ4n) is 1.66. The fraction of sp³-hybridized carbons (Fsp3) is 0. The Morgan fingerprint density at radius 2 is 1.82 bits per heavy atom. The van der Waals surface area contributed by atoms with E-state index in [-0.39, 0.29) is 5.95 Å². The van der Waals surface area contributed by atoms with E-state index in [9.17, 15) is 0 Å². The molecule has 7 nitrogen and oxygen atoms in total. The van der Waals surface area contributed by atoms with Crippen LogP contribution < -0.4 is 11.5 Å². The summed E-state index contributed by atoms with van der Waals surface area (Å²) in [6, 6.07) is 7.54. The van der Waals surface area contributed by atoms with Crippen molar-refractivity contribution < 1.29 is 0 Å². The molecule has 0 unspecified atom stereocenters. The number of para-hydroxylation sites is 2. The Morgan fingerprint density at radius 3 is 2.65 bits per heavy atom. The highest BCUT2D eigenvalue weighted by Crippen LogP contribution is 2.20. The Hall–Kier alpha value is -2.70. The van der Waals surface area contributed by atoms with Gasteiger partial charge in [0.2, 0.25) is 17.8 Å². The van der Waals surface area contributed by atoms with Gasteiger partial charge < -0.3 is 11.5 Å². The predicted molar refractivity (Wildman–Crippen MR) is 63.3 cm³/mol. The summed E-state index contributed by atoms with van der Waals surface area (Å²) in [5.74, 6) is 0.827. The first kappa shape index (κ1) is 9.52. The van der Waals surface area contributed by atoms with Crippen molar-refractivity contribution in [2.75, 3.05) is 11.5 Å². The lowest BCUT2D eigenvalue weighted by Crippen LogP contribution is -2.07. The van der Waals surface area contributed by atoms with Gasteiger partial charge in [-0.2, -0.15) is 4.98 Å². The second-order valence-electron chi connectivity index (χ2n) is 3.44. The standard InChI is InChI=1S/C10H9N7/c11-8-13-5-14-10(16-8)17-7-4-2-1-3-6(7)15-9(17)12/h1-5H,(H2,12,15)(H2,11,13,14,16). The first-order valence-electron chi connectivity index (χ1n) is 4.93. The molecule has 2 heterocycles. The van der Waals surface area contributed by atoms with E-state index < -0.39 is 0 Å². The largest absolute Gasteiger partial charge is 0.369 e. The molecule has 0 radical (unpaired) electrons. The molecule has 0 fully saturated rings. The van der Waals surface area contributed by atoms with E-state index in [2.05, 4.69) is 19.9 Å². The molecular formula is C10H9N7. The third kappa shape index (κ3) is 1.44. The van der Waals surface area contributed by atoms with E-state index in [0.29, 0.717) is 11.9 Å². The van der Waals surface area contributed by atoms with Gasteiger partial charge in [0.05, 0.1) is 11.0 Å². The number of nitrogens with two attached hydrogens (primary N) is 2. The lowest BCUT2D eigenvalue weighted by Gasteiger charge is -2.03. The molecule has 17 heavy (non-hydrogen) atoms. The van der Waals surface area contributed by atoms with Gasteiger partial charge in [-0.05, 0) is 12.1 Å². The summed E-state index contributed by atoms with van der Waals surface area (Å²) in [6.45, 7) is 0. The topological polar surface area (TPSA) is 109 Å². The molecule has 0 aliphatic heterocycles. The second-order valence-corrected chi connectivity index (χ2v) is 3.44. The summed E-state index contributed by atoms with van der Waals surface area (Å²) >= 11 is 0. The maximum absolute atomic E-state index is 5.85. The summed E-state index contributed by atoms with van der Waals surface area (Å²) in [6.07, 6.45) is 1.34. The fourth-order valence-corrected chi connectivity index (χ4v) is 1.66. The number of imidazole rings is 1. The predicted octanol–water partition coefficient (Wildman–Crippen LogP) is 0.375. The number of rotatable bonds is 1. The monoisotopic (exact) mass is 227 g/mol. The van der Waals surface area contributed by atoms with Gasteiger partial charge >= 0.3 is 0 Å². The van der Waals surface area contributed by atoms with Crippen LogP contribution in [0.3, 0.4) is 0 Å². The molecule has 0 aliphatic rings. The molecule has 0 amide bonds. The molecule has 0 aliphatic carbocycles. The number of nitrogens with zero attached hydrogens (tertiary/aromatic N) is 5. The highest BCUT2D eigenvalue weighted by atomic mass is 15.3. The number of benzene rings is 1. The zero-order valence-electron chi connectivity index (χ0n) is 8.78. The molecule has 0 spiro atoms. The first-order chi connectivity index (χ1) is 8.25. The summed E-state index contributed by atoms with van der Waals surface area (Å²) < 4.78 is 1.63. The van der Waals surface area contributed by atoms with Crippen LogP contribution in [-0.4, -0.2) is 24.5 Å². The number of hydrogen-bond acceptors (Lipinski definition) is 6. The molecule has 1 aromatic carbocycles. The molecule has 0 saturated heterocycles. The summed E-state index contributed by atoms with van der Waals surface area (Å²) in [5, 5.41) is 0. The number of nitrogen functional groups attached to an aromatic ring is 2. The number of hydrogen-bond donors (Lipinski definition) is 2. The molecule has 3 aromatic rings. The van der Waals surface area contributed by atoms with E-state index in [0.717, 1.165) is 11.0 Å². The lowest BCUT2D eigenvalue weighted by atomic mass is 10.3. The van der Waals surface area contributed by atoms with E-state index >= 15 is 0 Å². The van der Waals surface area contributed by atoms with Gasteiger partial charge in [-0.15, -0.1) is 0 Å². The minimum atomic E-state index is 0.146. The van der Waals surface area contributed by atoms with E-state index in [1.165, 1.54) is 6.33 Å². The molecule has 0 saturated carbocycles. The van der Waals surface area contributed by atoms with Crippen LogP contribution in [-0.2, 0) is 0 Å². The van der Waals surface area contributed by atoms with Crippen LogP contribution >= 0.6 is 0 Å². The van der Waals surface area contributed by atoms with Gasteiger partial charge in [0.1, 0.15) is 6.33 Å². The van der Waals surface area contributed by atoms with Crippen molar-refractivity contribution in [3.63, 3.8) is 0 Å². The Balaban J connectivity index is 2.33. The Kier molecular flexibility index (Phi) is 1.91. The van der Waals surface area contributed by atoms with Gasteiger partial charge in [-0.3, -0.25) is 0 Å². The minimum Gasteiger partial charge on any atom is -0.369 e. The van der Waals surface area contributed by atoms with Crippen molar-refractivity contribution >= 4 is 22.9 Å². The molecule has 0 atom stereocenters. The van der Waals surface area contributed by atoms with Crippen LogP contribution in [0.5, 0.6) is 0 Å². The summed E-state index contributed by atoms with van der Waals surface area (Å²) in [4.78, 5) is 16.0. The molecule has 4 N–H and O–H groups in total. The number of fused-ring (bicyclic) bond motifs is 1. The molecule has 7 heteroatoms. The summed E-state index contributed by atoms with van der Waals surface area (Å²) in [7, 11) is 0. The SMILES string of the molecule is Nc1ncnc(-n2c(N)nc3ccccc32)n1.